The molecule has 0 saturated carbocycles. The summed E-state index contributed by atoms with van der Waals surface area (Å²) in [7, 11) is 0. The van der Waals surface area contributed by atoms with Crippen molar-refractivity contribution in [2.45, 2.75) is 27.7 Å². The van der Waals surface area contributed by atoms with Crippen LogP contribution in [0.5, 0.6) is 0 Å². The van der Waals surface area contributed by atoms with E-state index < -0.39 is 0 Å². The number of nitrogens with two attached hydrogens (primary N) is 1. The highest BCUT2D eigenvalue weighted by Crippen LogP contribution is 2.07. The van der Waals surface area contributed by atoms with Crippen LogP contribution in [0.2, 0.25) is 0 Å². The number of carbonyl (C=O) groups excluding carboxylic acids is 1. The van der Waals surface area contributed by atoms with Crippen LogP contribution in [0.3, 0.4) is 0 Å². The van der Waals surface area contributed by atoms with Gasteiger partial charge in [-0.05, 0) is 33.3 Å². The maximum Gasteiger partial charge on any atom is 0.157 e. The van der Waals surface area contributed by atoms with Gasteiger partial charge in [0.2, 0.25) is 0 Å². The lowest BCUT2D eigenvalue weighted by molar-refractivity contribution is -0.113. The van der Waals surface area contributed by atoms with Crippen LogP contribution < -0.4 is 5.73 Å². The average Bonchev–Trinajstić information content (AvgIpc) is 1.85. The molecule has 0 saturated heterocycles. The Labute approximate surface area is 74.1 Å². The van der Waals surface area contributed by atoms with Crippen molar-refractivity contribution < 1.29 is 4.79 Å². The first-order valence-electron chi connectivity index (χ1n) is 4.04. The van der Waals surface area contributed by atoms with Crippen LogP contribution in [0.4, 0.5) is 0 Å². The number of ketones is 1. The first-order chi connectivity index (χ1) is 5.49. The van der Waals surface area contributed by atoms with Gasteiger partial charge >= 0.3 is 0 Å². The van der Waals surface area contributed by atoms with Crippen molar-refractivity contribution in [3.05, 3.63) is 22.8 Å². The van der Waals surface area contributed by atoms with E-state index >= 15 is 0 Å². The Morgan fingerprint density at radius 3 is 2.00 bits per heavy atom. The topological polar surface area (TPSA) is 43.1 Å². The van der Waals surface area contributed by atoms with E-state index in [0.717, 1.165) is 11.1 Å². The summed E-state index contributed by atoms with van der Waals surface area (Å²) in [5, 5.41) is 0. The molecular weight excluding hydrogens is 150 g/mol. The van der Waals surface area contributed by atoms with E-state index in [4.69, 9.17) is 5.73 Å². The number of hydrogen-bond donors (Lipinski definition) is 1. The summed E-state index contributed by atoms with van der Waals surface area (Å²) in [5.74, 6) is 0.0625. The molecule has 0 heterocycles. The third kappa shape index (κ3) is 3.49. The highest BCUT2D eigenvalue weighted by molar-refractivity contribution is 5.94. The van der Waals surface area contributed by atoms with Gasteiger partial charge in [0.05, 0.1) is 0 Å². The first kappa shape index (κ1) is 11.1. The van der Waals surface area contributed by atoms with Crippen molar-refractivity contribution in [3.63, 3.8) is 0 Å². The molecule has 0 atom stereocenters. The number of Topliss-reactive ketones (excluding diaryl/α,β-unsaturated/α-hetero) is 1. The fourth-order valence-electron chi connectivity index (χ4n) is 1.10. The summed E-state index contributed by atoms with van der Waals surface area (Å²) in [6.07, 6.45) is 1.98. The minimum atomic E-state index is 0.0625. The molecule has 12 heavy (non-hydrogen) atoms. The molecule has 0 amide bonds. The van der Waals surface area contributed by atoms with Crippen LogP contribution in [0.1, 0.15) is 27.7 Å². The maximum absolute atomic E-state index is 11.0. The first-order valence-corrected chi connectivity index (χ1v) is 4.04. The van der Waals surface area contributed by atoms with Crippen molar-refractivity contribution in [3.8, 4) is 0 Å². The van der Waals surface area contributed by atoms with Crippen LogP contribution in [0.15, 0.2) is 22.8 Å². The van der Waals surface area contributed by atoms with E-state index in [9.17, 15) is 4.79 Å². The van der Waals surface area contributed by atoms with Crippen LogP contribution in [0.25, 0.3) is 0 Å². The third-order valence-corrected chi connectivity index (χ3v) is 1.61. The Bertz CT molecular complexity index is 232. The smallest absolute Gasteiger partial charge is 0.157 e. The maximum atomic E-state index is 11.0. The molecule has 0 unspecified atom stereocenters. The normalized spacial score (nSPS) is 12.1. The summed E-state index contributed by atoms with van der Waals surface area (Å²) in [4.78, 5) is 11.0. The minimum absolute atomic E-state index is 0.0625. The molecule has 2 N–H and O–H groups in total. The van der Waals surface area contributed by atoms with Crippen LogP contribution in [-0.2, 0) is 4.79 Å². The second kappa shape index (κ2) is 4.88. The Morgan fingerprint density at radius 2 is 1.75 bits per heavy atom. The molecule has 0 bridgehead atoms. The summed E-state index contributed by atoms with van der Waals surface area (Å²) < 4.78 is 0. The lowest BCUT2D eigenvalue weighted by atomic mass is 10.0. The lowest BCUT2D eigenvalue weighted by Crippen LogP contribution is -2.11. The van der Waals surface area contributed by atoms with Crippen molar-refractivity contribution in [2.24, 2.45) is 5.73 Å². The zero-order valence-corrected chi connectivity index (χ0v) is 8.27. The standard InChI is InChI=1S/C10H17NO/c1-7(2)5-8(3)10(6-11)9(4)12/h5H,6,11H2,1-4H3. The van der Waals surface area contributed by atoms with E-state index in [2.05, 4.69) is 0 Å². The molecule has 2 nitrogen and oxygen atoms in total. The molecule has 0 rings (SSSR count). The highest BCUT2D eigenvalue weighted by atomic mass is 16.1. The number of allylic oxidation sites excluding steroid dienone is 3. The van der Waals surface area contributed by atoms with Gasteiger partial charge in [-0.3, -0.25) is 4.79 Å². The van der Waals surface area contributed by atoms with Crippen LogP contribution in [-0.4, -0.2) is 12.3 Å². The fourth-order valence-corrected chi connectivity index (χ4v) is 1.10. The number of carbonyl (C=O) groups is 1. The molecule has 0 fully saturated rings. The van der Waals surface area contributed by atoms with Crippen molar-refractivity contribution >= 4 is 5.78 Å². The van der Waals surface area contributed by atoms with Gasteiger partial charge in [0, 0.05) is 12.1 Å². The molecule has 0 radical (unpaired) electrons. The molecule has 68 valence electrons. The quantitative estimate of drug-likeness (QED) is 0.514. The Balaban J connectivity index is 4.85. The van der Waals surface area contributed by atoms with E-state index in [1.54, 1.807) is 6.92 Å². The Hall–Kier alpha value is -0.890. The summed E-state index contributed by atoms with van der Waals surface area (Å²) in [6.45, 7) is 7.78. The minimum Gasteiger partial charge on any atom is -0.326 e. The van der Waals surface area contributed by atoms with Crippen molar-refractivity contribution in [1.82, 2.24) is 0 Å². The largest absolute Gasteiger partial charge is 0.326 e. The van der Waals surface area contributed by atoms with Crippen molar-refractivity contribution in [1.29, 1.82) is 0 Å². The van der Waals surface area contributed by atoms with Crippen LogP contribution in [0, 0.1) is 0 Å². The molecule has 0 aromatic carbocycles. The molecule has 0 aliphatic rings. The van der Waals surface area contributed by atoms with Gasteiger partial charge in [0.25, 0.3) is 0 Å². The average molecular weight is 167 g/mol. The number of rotatable bonds is 3. The second-order valence-electron chi connectivity index (χ2n) is 3.14. The molecule has 0 aliphatic heterocycles. The molecule has 2 heteroatoms. The molecule has 0 aromatic rings. The summed E-state index contributed by atoms with van der Waals surface area (Å²) in [5.41, 5.74) is 8.32. The van der Waals surface area contributed by atoms with Crippen LogP contribution >= 0.6 is 0 Å². The van der Waals surface area contributed by atoms with Crippen molar-refractivity contribution in [2.75, 3.05) is 6.54 Å². The second-order valence-corrected chi connectivity index (χ2v) is 3.14. The molecule has 0 aliphatic carbocycles. The monoisotopic (exact) mass is 167 g/mol. The zero-order chi connectivity index (χ0) is 9.72. The van der Waals surface area contributed by atoms with E-state index in [0.29, 0.717) is 6.54 Å². The predicted octanol–water partition coefficient (Wildman–Crippen LogP) is 1.82. The van der Waals surface area contributed by atoms with Gasteiger partial charge in [-0.2, -0.15) is 0 Å². The van der Waals surface area contributed by atoms with Gasteiger partial charge in [-0.15, -0.1) is 0 Å². The van der Waals surface area contributed by atoms with Gasteiger partial charge in [-0.25, -0.2) is 0 Å². The Kier molecular flexibility index (Phi) is 4.52. The van der Waals surface area contributed by atoms with Gasteiger partial charge < -0.3 is 5.73 Å². The summed E-state index contributed by atoms with van der Waals surface area (Å²) in [6, 6.07) is 0. The molecule has 0 spiro atoms. The van der Waals surface area contributed by atoms with Gasteiger partial charge in [0.15, 0.2) is 5.78 Å². The fraction of sp³-hybridized carbons (Fsp3) is 0.500. The predicted molar refractivity (Wildman–Crippen MR) is 51.9 cm³/mol. The Morgan fingerprint density at radius 1 is 1.25 bits per heavy atom. The van der Waals surface area contributed by atoms with E-state index in [-0.39, 0.29) is 5.78 Å². The lowest BCUT2D eigenvalue weighted by Gasteiger charge is -2.02. The molecule has 0 aromatic heterocycles. The van der Waals surface area contributed by atoms with Gasteiger partial charge in [-0.1, -0.05) is 11.6 Å². The highest BCUT2D eigenvalue weighted by Gasteiger charge is 2.03. The number of hydrogen-bond acceptors (Lipinski definition) is 2. The summed E-state index contributed by atoms with van der Waals surface area (Å²) >= 11 is 0. The van der Waals surface area contributed by atoms with Gasteiger partial charge in [0.1, 0.15) is 0 Å². The van der Waals surface area contributed by atoms with E-state index in [1.807, 2.05) is 26.8 Å². The van der Waals surface area contributed by atoms with E-state index in [1.165, 1.54) is 5.57 Å². The SMILES string of the molecule is CC(=O)C(CN)=C(C)C=C(C)C. The third-order valence-electron chi connectivity index (χ3n) is 1.61. The zero-order valence-electron chi connectivity index (χ0n) is 8.27. The molecular formula is C10H17NO.